The minimum Gasteiger partial charge on any atom is -0.479 e. The van der Waals surface area contributed by atoms with Crippen LogP contribution in [-0.4, -0.2) is 11.9 Å². The minimum atomic E-state index is -1.10. The predicted octanol–water partition coefficient (Wildman–Crippen LogP) is 4.06. The van der Waals surface area contributed by atoms with Crippen molar-refractivity contribution >= 4 is 5.78 Å². The van der Waals surface area contributed by atoms with Gasteiger partial charge in [-0.15, -0.1) is 0 Å². The van der Waals surface area contributed by atoms with Gasteiger partial charge in [0.15, 0.2) is 17.7 Å². The summed E-state index contributed by atoms with van der Waals surface area (Å²) in [5.74, 6) is -3.09. The van der Waals surface area contributed by atoms with E-state index in [-0.39, 0.29) is 11.3 Å². The Labute approximate surface area is 120 Å². The van der Waals surface area contributed by atoms with Crippen LogP contribution in [0.4, 0.5) is 13.2 Å². The topological polar surface area (TPSA) is 26.3 Å². The molecule has 2 rings (SSSR count). The highest BCUT2D eigenvalue weighted by molar-refractivity contribution is 5.99. The summed E-state index contributed by atoms with van der Waals surface area (Å²) in [6.45, 7) is 2.95. The van der Waals surface area contributed by atoms with Crippen LogP contribution < -0.4 is 4.74 Å². The number of hydrogen-bond acceptors (Lipinski definition) is 2. The molecule has 0 aliphatic heterocycles. The normalized spacial score (nSPS) is 12.0. The summed E-state index contributed by atoms with van der Waals surface area (Å²) >= 11 is 0. The molecule has 0 bridgehead atoms. The largest absolute Gasteiger partial charge is 0.479 e. The maximum atomic E-state index is 13.8. The predicted molar refractivity (Wildman–Crippen MR) is 71.9 cm³/mol. The van der Waals surface area contributed by atoms with Crippen molar-refractivity contribution in [3.05, 3.63) is 65.0 Å². The second-order valence-corrected chi connectivity index (χ2v) is 4.64. The second-order valence-electron chi connectivity index (χ2n) is 4.64. The highest BCUT2D eigenvalue weighted by Crippen LogP contribution is 2.22. The van der Waals surface area contributed by atoms with E-state index in [9.17, 15) is 18.0 Å². The lowest BCUT2D eigenvalue weighted by molar-refractivity contribution is 0.0807. The Balaban J connectivity index is 2.21. The summed E-state index contributed by atoms with van der Waals surface area (Å²) in [6, 6.07) is 7.17. The molecule has 0 aliphatic rings. The first-order valence-corrected chi connectivity index (χ1v) is 6.31. The zero-order valence-electron chi connectivity index (χ0n) is 11.5. The van der Waals surface area contributed by atoms with E-state index in [0.717, 1.165) is 12.1 Å². The number of benzene rings is 2. The summed E-state index contributed by atoms with van der Waals surface area (Å²) < 4.78 is 45.4. The Kier molecular flexibility index (Phi) is 4.31. The molecule has 5 heteroatoms. The van der Waals surface area contributed by atoms with Gasteiger partial charge < -0.3 is 4.74 Å². The van der Waals surface area contributed by atoms with Gasteiger partial charge in [-0.25, -0.2) is 13.2 Å². The zero-order chi connectivity index (χ0) is 15.6. The van der Waals surface area contributed by atoms with Gasteiger partial charge in [-0.05, 0) is 37.6 Å². The third-order valence-electron chi connectivity index (χ3n) is 3.03. The molecule has 1 unspecified atom stereocenters. The van der Waals surface area contributed by atoms with Crippen LogP contribution in [0.1, 0.15) is 22.8 Å². The Hall–Kier alpha value is -2.30. The zero-order valence-corrected chi connectivity index (χ0v) is 11.5. The van der Waals surface area contributed by atoms with Gasteiger partial charge in [-0.3, -0.25) is 4.79 Å². The Bertz CT molecular complexity index is 683. The standard InChI is InChI=1S/C16H13F3O2/c1-9-4-3-5-14(15(9)19)21-10(2)16(20)12-7-6-11(17)8-13(12)18/h3-8,10H,1-2H3. The summed E-state index contributed by atoms with van der Waals surface area (Å²) in [5, 5.41) is 0. The fourth-order valence-electron chi connectivity index (χ4n) is 1.86. The van der Waals surface area contributed by atoms with Crippen molar-refractivity contribution in [2.45, 2.75) is 20.0 Å². The van der Waals surface area contributed by atoms with Crippen LogP contribution in [0.5, 0.6) is 5.75 Å². The molecule has 2 aromatic rings. The van der Waals surface area contributed by atoms with Crippen molar-refractivity contribution in [3.8, 4) is 5.75 Å². The van der Waals surface area contributed by atoms with Gasteiger partial charge in [0.05, 0.1) is 5.56 Å². The molecule has 0 radical (unpaired) electrons. The van der Waals surface area contributed by atoms with E-state index >= 15 is 0 Å². The van der Waals surface area contributed by atoms with Gasteiger partial charge in [-0.2, -0.15) is 0 Å². The van der Waals surface area contributed by atoms with Crippen LogP contribution in [0.25, 0.3) is 0 Å². The summed E-state index contributed by atoms with van der Waals surface area (Å²) in [7, 11) is 0. The quantitative estimate of drug-likeness (QED) is 0.795. The van der Waals surface area contributed by atoms with Crippen LogP contribution in [0, 0.1) is 24.4 Å². The number of rotatable bonds is 4. The van der Waals surface area contributed by atoms with Crippen molar-refractivity contribution in [2.75, 3.05) is 0 Å². The maximum absolute atomic E-state index is 13.8. The highest BCUT2D eigenvalue weighted by Gasteiger charge is 2.22. The maximum Gasteiger partial charge on any atom is 0.205 e. The molecule has 2 nitrogen and oxygen atoms in total. The molecule has 0 amide bonds. The van der Waals surface area contributed by atoms with Gasteiger partial charge in [0.2, 0.25) is 5.78 Å². The molecule has 0 fully saturated rings. The van der Waals surface area contributed by atoms with Crippen molar-refractivity contribution in [1.29, 1.82) is 0 Å². The average Bonchev–Trinajstić information content (AvgIpc) is 2.43. The monoisotopic (exact) mass is 294 g/mol. The number of ketones is 1. The van der Waals surface area contributed by atoms with Crippen LogP contribution in [-0.2, 0) is 0 Å². The second kappa shape index (κ2) is 5.99. The summed E-state index contributed by atoms with van der Waals surface area (Å²) in [5.41, 5.74) is 0.0806. The minimum absolute atomic E-state index is 0.0848. The van der Waals surface area contributed by atoms with Crippen LogP contribution in [0.3, 0.4) is 0 Å². The van der Waals surface area contributed by atoms with E-state index in [1.807, 2.05) is 0 Å². The first-order valence-electron chi connectivity index (χ1n) is 6.31. The Morgan fingerprint density at radius 1 is 1.14 bits per heavy atom. The molecule has 0 heterocycles. The number of aryl methyl sites for hydroxylation is 1. The molecule has 0 aromatic heterocycles. The van der Waals surface area contributed by atoms with Gasteiger partial charge in [0, 0.05) is 6.07 Å². The Morgan fingerprint density at radius 3 is 2.52 bits per heavy atom. The number of ether oxygens (including phenoxy) is 1. The number of carbonyl (C=O) groups excluding carboxylic acids is 1. The van der Waals surface area contributed by atoms with Crippen LogP contribution in [0.15, 0.2) is 36.4 Å². The molecule has 0 saturated heterocycles. The lowest BCUT2D eigenvalue weighted by atomic mass is 10.1. The fourth-order valence-corrected chi connectivity index (χ4v) is 1.86. The van der Waals surface area contributed by atoms with Gasteiger partial charge in [0.25, 0.3) is 0 Å². The number of Topliss-reactive ketones (excluding diaryl/α,β-unsaturated/α-hetero) is 1. The van der Waals surface area contributed by atoms with Gasteiger partial charge in [-0.1, -0.05) is 12.1 Å². The highest BCUT2D eigenvalue weighted by atomic mass is 19.1. The molecule has 0 N–H and O–H groups in total. The Morgan fingerprint density at radius 2 is 1.86 bits per heavy atom. The van der Waals surface area contributed by atoms with Gasteiger partial charge >= 0.3 is 0 Å². The fraction of sp³-hybridized carbons (Fsp3) is 0.188. The molecule has 0 aliphatic carbocycles. The van der Waals surface area contributed by atoms with Crippen molar-refractivity contribution in [2.24, 2.45) is 0 Å². The molecular formula is C16H13F3O2. The molecule has 110 valence electrons. The molecule has 1 atom stereocenters. The molecule has 0 saturated carbocycles. The third-order valence-corrected chi connectivity index (χ3v) is 3.03. The number of carbonyl (C=O) groups is 1. The van der Waals surface area contributed by atoms with Crippen molar-refractivity contribution < 1.29 is 22.7 Å². The SMILES string of the molecule is Cc1cccc(OC(C)C(=O)c2ccc(F)cc2F)c1F. The summed E-state index contributed by atoms with van der Waals surface area (Å²) in [6.07, 6.45) is -1.10. The van der Waals surface area contributed by atoms with E-state index in [2.05, 4.69) is 0 Å². The van der Waals surface area contributed by atoms with E-state index in [1.165, 1.54) is 13.0 Å². The van der Waals surface area contributed by atoms with E-state index < -0.39 is 29.3 Å². The number of hydrogen-bond donors (Lipinski definition) is 0. The van der Waals surface area contributed by atoms with E-state index in [1.54, 1.807) is 19.1 Å². The van der Waals surface area contributed by atoms with Crippen molar-refractivity contribution in [3.63, 3.8) is 0 Å². The first kappa shape index (κ1) is 15.1. The smallest absolute Gasteiger partial charge is 0.205 e. The molecule has 2 aromatic carbocycles. The molecular weight excluding hydrogens is 281 g/mol. The van der Waals surface area contributed by atoms with E-state index in [0.29, 0.717) is 11.6 Å². The van der Waals surface area contributed by atoms with Gasteiger partial charge in [0.1, 0.15) is 11.6 Å². The first-order chi connectivity index (χ1) is 9.90. The third kappa shape index (κ3) is 3.24. The van der Waals surface area contributed by atoms with Crippen LogP contribution >= 0.6 is 0 Å². The lowest BCUT2D eigenvalue weighted by Crippen LogP contribution is -2.25. The number of halogens is 3. The molecule has 21 heavy (non-hydrogen) atoms. The van der Waals surface area contributed by atoms with Crippen LogP contribution in [0.2, 0.25) is 0 Å². The average molecular weight is 294 g/mol. The lowest BCUT2D eigenvalue weighted by Gasteiger charge is -2.15. The van der Waals surface area contributed by atoms with Crippen molar-refractivity contribution in [1.82, 2.24) is 0 Å². The molecule has 0 spiro atoms. The van der Waals surface area contributed by atoms with E-state index in [4.69, 9.17) is 4.74 Å². The summed E-state index contributed by atoms with van der Waals surface area (Å²) in [4.78, 5) is 12.1.